The van der Waals surface area contributed by atoms with E-state index in [0.717, 1.165) is 19.3 Å². The van der Waals surface area contributed by atoms with Crippen molar-refractivity contribution in [3.63, 3.8) is 0 Å². The van der Waals surface area contributed by atoms with Gasteiger partial charge in [-0.15, -0.1) is 0 Å². The molecule has 29 heavy (non-hydrogen) atoms. The fraction of sp³-hybridized carbons (Fsp3) is 0.172. The Morgan fingerprint density at radius 2 is 1.21 bits per heavy atom. The van der Waals surface area contributed by atoms with Gasteiger partial charge in [0.2, 0.25) is 0 Å². The van der Waals surface area contributed by atoms with Crippen LogP contribution in [0.5, 0.6) is 0 Å². The van der Waals surface area contributed by atoms with Crippen molar-refractivity contribution in [1.29, 1.82) is 0 Å². The second kappa shape index (κ2) is 7.37. The fourth-order valence-corrected chi connectivity index (χ4v) is 4.74. The molecule has 4 aromatic rings. The first kappa shape index (κ1) is 17.9. The van der Waals surface area contributed by atoms with E-state index in [9.17, 15) is 0 Å². The van der Waals surface area contributed by atoms with Gasteiger partial charge in [0.15, 0.2) is 0 Å². The molecular weight excluding hydrogens is 348 g/mol. The third-order valence-electron chi connectivity index (χ3n) is 6.35. The lowest BCUT2D eigenvalue weighted by atomic mass is 10.0. The second-order valence-electron chi connectivity index (χ2n) is 8.11. The zero-order valence-corrected chi connectivity index (χ0v) is 17.2. The number of aryl methyl sites for hydroxylation is 2. The molecule has 0 saturated carbocycles. The van der Waals surface area contributed by atoms with E-state index in [0.29, 0.717) is 0 Å². The van der Waals surface area contributed by atoms with Crippen LogP contribution in [0.3, 0.4) is 0 Å². The van der Waals surface area contributed by atoms with Crippen LogP contribution in [0.15, 0.2) is 84.9 Å². The van der Waals surface area contributed by atoms with E-state index in [1.165, 1.54) is 55.6 Å². The molecule has 0 N–H and O–H groups in total. The monoisotopic (exact) mass is 374 g/mol. The first-order valence-electron chi connectivity index (χ1n) is 10.6. The number of rotatable bonds is 1. The van der Waals surface area contributed by atoms with Gasteiger partial charge in [0.25, 0.3) is 0 Å². The summed E-state index contributed by atoms with van der Waals surface area (Å²) in [6.07, 6.45) is 3.35. The molecule has 0 aliphatic heterocycles. The van der Waals surface area contributed by atoms with Gasteiger partial charge < -0.3 is 0 Å². The molecule has 2 aliphatic carbocycles. The molecule has 0 spiro atoms. The van der Waals surface area contributed by atoms with Crippen molar-refractivity contribution in [3.05, 3.63) is 118 Å². The van der Waals surface area contributed by atoms with Crippen molar-refractivity contribution >= 4 is 0 Å². The molecule has 4 aromatic carbocycles. The van der Waals surface area contributed by atoms with Gasteiger partial charge in [0.05, 0.1) is 0 Å². The van der Waals surface area contributed by atoms with Gasteiger partial charge in [0, 0.05) is 0 Å². The molecule has 0 saturated heterocycles. The lowest BCUT2D eigenvalue weighted by Crippen LogP contribution is -1.84. The summed E-state index contributed by atoms with van der Waals surface area (Å²) >= 11 is 0. The average Bonchev–Trinajstić information content (AvgIpc) is 3.33. The summed E-state index contributed by atoms with van der Waals surface area (Å²) in [5.41, 5.74) is 14.5. The molecule has 0 amide bonds. The summed E-state index contributed by atoms with van der Waals surface area (Å²) in [5.74, 6) is 0. The first-order chi connectivity index (χ1) is 14.2. The minimum atomic E-state index is 1.11. The van der Waals surface area contributed by atoms with Crippen molar-refractivity contribution in [2.24, 2.45) is 0 Å². The van der Waals surface area contributed by atoms with Gasteiger partial charge in [-0.25, -0.2) is 0 Å². The lowest BCUT2D eigenvalue weighted by Gasteiger charge is -2.02. The largest absolute Gasteiger partial charge is 0.0619 e. The van der Waals surface area contributed by atoms with Gasteiger partial charge in [-0.05, 0) is 81.8 Å². The topological polar surface area (TPSA) is 0 Å². The van der Waals surface area contributed by atoms with Gasteiger partial charge in [-0.2, -0.15) is 0 Å². The van der Waals surface area contributed by atoms with Crippen LogP contribution >= 0.6 is 0 Å². The number of fused-ring (bicyclic) bond motifs is 6. The van der Waals surface area contributed by atoms with Crippen molar-refractivity contribution < 1.29 is 0 Å². The Kier molecular flexibility index (Phi) is 4.56. The molecule has 0 fully saturated rings. The van der Waals surface area contributed by atoms with E-state index in [1.807, 2.05) is 0 Å². The quantitative estimate of drug-likeness (QED) is 0.281. The number of benzene rings is 4. The molecular formula is C29H26. The van der Waals surface area contributed by atoms with Gasteiger partial charge >= 0.3 is 0 Å². The predicted octanol–water partition coefficient (Wildman–Crippen LogP) is 7.39. The minimum absolute atomic E-state index is 1.11. The third-order valence-corrected chi connectivity index (χ3v) is 6.35. The van der Waals surface area contributed by atoms with Crippen LogP contribution in [-0.2, 0) is 19.3 Å². The van der Waals surface area contributed by atoms with E-state index < -0.39 is 0 Å². The van der Waals surface area contributed by atoms with Crippen LogP contribution in [0, 0.1) is 6.92 Å². The minimum Gasteiger partial charge on any atom is -0.0619 e. The summed E-state index contributed by atoms with van der Waals surface area (Å²) in [6.45, 7) is 4.41. The molecule has 142 valence electrons. The average molecular weight is 375 g/mol. The van der Waals surface area contributed by atoms with Crippen LogP contribution in [0.1, 0.15) is 40.3 Å². The highest BCUT2D eigenvalue weighted by atomic mass is 14.2. The molecule has 0 radical (unpaired) electrons. The van der Waals surface area contributed by atoms with Crippen molar-refractivity contribution in [2.75, 3.05) is 0 Å². The Morgan fingerprint density at radius 3 is 1.97 bits per heavy atom. The van der Waals surface area contributed by atoms with Crippen LogP contribution in [0.25, 0.3) is 22.3 Å². The van der Waals surface area contributed by atoms with Crippen molar-refractivity contribution in [2.45, 2.75) is 33.1 Å². The SMILES string of the molecule is CCc1ccc2c(c1)Cc1ccccc1-2.Cc1cccc2c1Cc1ccccc1-2. The summed E-state index contributed by atoms with van der Waals surface area (Å²) in [7, 11) is 0. The van der Waals surface area contributed by atoms with Crippen LogP contribution < -0.4 is 0 Å². The second-order valence-corrected chi connectivity index (χ2v) is 8.11. The standard InChI is InChI=1S/C15H14.C14H12/c1-2-11-7-8-15-13(9-11)10-12-5-3-4-6-14(12)15;1-10-5-4-8-13-12-7-3-2-6-11(12)9-14(10)13/h3-9H,2,10H2,1H3;2-8H,9H2,1H3. The molecule has 0 atom stereocenters. The van der Waals surface area contributed by atoms with Crippen LogP contribution in [-0.4, -0.2) is 0 Å². The number of hydrogen-bond donors (Lipinski definition) is 0. The Balaban J connectivity index is 0.000000125. The van der Waals surface area contributed by atoms with E-state index in [4.69, 9.17) is 0 Å². The highest BCUT2D eigenvalue weighted by molar-refractivity contribution is 5.78. The summed E-state index contributed by atoms with van der Waals surface area (Å²) < 4.78 is 0. The van der Waals surface area contributed by atoms with Gasteiger partial charge in [-0.1, -0.05) is 91.9 Å². The molecule has 0 nitrogen and oxygen atoms in total. The van der Waals surface area contributed by atoms with Crippen molar-refractivity contribution in [3.8, 4) is 22.3 Å². The van der Waals surface area contributed by atoms with Crippen LogP contribution in [0.4, 0.5) is 0 Å². The molecule has 2 aliphatic rings. The molecule has 6 rings (SSSR count). The Labute approximate surface area is 173 Å². The maximum atomic E-state index is 2.36. The van der Waals surface area contributed by atoms with E-state index in [1.54, 1.807) is 0 Å². The number of hydrogen-bond acceptors (Lipinski definition) is 0. The zero-order valence-electron chi connectivity index (χ0n) is 17.2. The Morgan fingerprint density at radius 1 is 0.586 bits per heavy atom. The molecule has 0 bridgehead atoms. The molecule has 0 unspecified atom stereocenters. The predicted molar refractivity (Wildman–Crippen MR) is 123 cm³/mol. The highest BCUT2D eigenvalue weighted by Crippen LogP contribution is 2.38. The Bertz CT molecular complexity index is 1200. The maximum absolute atomic E-state index is 2.36. The third kappa shape index (κ3) is 3.19. The van der Waals surface area contributed by atoms with E-state index in [2.05, 4.69) is 98.8 Å². The lowest BCUT2D eigenvalue weighted by molar-refractivity contribution is 1.12. The molecule has 0 aromatic heterocycles. The van der Waals surface area contributed by atoms with Crippen molar-refractivity contribution in [1.82, 2.24) is 0 Å². The Hall–Kier alpha value is -3.12. The molecule has 0 heteroatoms. The fourth-order valence-electron chi connectivity index (χ4n) is 4.74. The summed E-state index contributed by atoms with van der Waals surface area (Å²) in [6, 6.07) is 30.9. The normalized spacial score (nSPS) is 12.3. The zero-order chi connectivity index (χ0) is 19.8. The van der Waals surface area contributed by atoms with Gasteiger partial charge in [0.1, 0.15) is 0 Å². The van der Waals surface area contributed by atoms with Crippen LogP contribution in [0.2, 0.25) is 0 Å². The first-order valence-corrected chi connectivity index (χ1v) is 10.6. The van der Waals surface area contributed by atoms with E-state index >= 15 is 0 Å². The maximum Gasteiger partial charge on any atom is -0.00108 e. The smallest absolute Gasteiger partial charge is 0.00108 e. The van der Waals surface area contributed by atoms with E-state index in [-0.39, 0.29) is 0 Å². The molecule has 0 heterocycles. The highest BCUT2D eigenvalue weighted by Gasteiger charge is 2.18. The summed E-state index contributed by atoms with van der Waals surface area (Å²) in [5, 5.41) is 0. The summed E-state index contributed by atoms with van der Waals surface area (Å²) in [4.78, 5) is 0. The van der Waals surface area contributed by atoms with Gasteiger partial charge in [-0.3, -0.25) is 0 Å².